The Bertz CT molecular complexity index is 1080. The van der Waals surface area contributed by atoms with Crippen LogP contribution in [0.5, 0.6) is 11.5 Å². The molecule has 9 heteroatoms. The van der Waals surface area contributed by atoms with Crippen molar-refractivity contribution in [1.29, 1.82) is 0 Å². The second-order valence-corrected chi connectivity index (χ2v) is 8.88. The van der Waals surface area contributed by atoms with Crippen molar-refractivity contribution < 1.29 is 24.2 Å². The van der Waals surface area contributed by atoms with Gasteiger partial charge < -0.3 is 14.6 Å². The Morgan fingerprint density at radius 2 is 2.00 bits per heavy atom. The number of aliphatic imine (C=N–C) groups is 1. The molecule has 1 aliphatic rings. The molecule has 1 saturated heterocycles. The van der Waals surface area contributed by atoms with Crippen molar-refractivity contribution in [3.8, 4) is 11.5 Å². The van der Waals surface area contributed by atoms with E-state index in [1.807, 2.05) is 38.1 Å². The molecule has 1 heterocycles. The number of carboxylic acids is 1. The lowest BCUT2D eigenvalue weighted by atomic mass is 10.2. The number of hydrogen-bond donors (Lipinski definition) is 1. The lowest BCUT2D eigenvalue weighted by Crippen LogP contribution is -2.29. The van der Waals surface area contributed by atoms with Crippen molar-refractivity contribution in [2.75, 3.05) is 20.3 Å². The lowest BCUT2D eigenvalue weighted by molar-refractivity contribution is -0.139. The number of carbonyl (C=O) groups excluding carboxylic acids is 1. The van der Waals surface area contributed by atoms with Gasteiger partial charge in [-0.1, -0.05) is 24.6 Å². The number of carboxylic acid groups (broad SMARTS) is 1. The predicted molar refractivity (Wildman–Crippen MR) is 130 cm³/mol. The number of nitrogens with zero attached hydrogens (tertiary/aromatic N) is 2. The Morgan fingerprint density at radius 1 is 1.28 bits per heavy atom. The fourth-order valence-corrected chi connectivity index (χ4v) is 4.59. The van der Waals surface area contributed by atoms with E-state index in [0.717, 1.165) is 17.7 Å². The van der Waals surface area contributed by atoms with E-state index >= 15 is 0 Å². The molecule has 0 aliphatic carbocycles. The smallest absolute Gasteiger partial charge is 0.341 e. The largest absolute Gasteiger partial charge is 0.493 e. The second-order valence-electron chi connectivity index (χ2n) is 7.01. The fourth-order valence-electron chi connectivity index (χ4n) is 2.99. The maximum atomic E-state index is 13.1. The van der Waals surface area contributed by atoms with Gasteiger partial charge >= 0.3 is 5.97 Å². The van der Waals surface area contributed by atoms with Crippen LogP contribution >= 0.6 is 27.7 Å². The zero-order chi connectivity index (χ0) is 23.3. The number of hydrogen-bond acceptors (Lipinski definition) is 6. The Hall–Kier alpha value is -2.78. The highest BCUT2D eigenvalue weighted by molar-refractivity contribution is 9.10. The van der Waals surface area contributed by atoms with Crippen molar-refractivity contribution >= 4 is 56.5 Å². The van der Waals surface area contributed by atoms with Gasteiger partial charge in [0.1, 0.15) is 0 Å². The van der Waals surface area contributed by atoms with E-state index in [0.29, 0.717) is 32.4 Å². The standard InChI is InChI=1S/C23H23BrN2O5S/c1-4-9-26-22(29)19(32-23(26)25-16-7-5-14(2)6-8-16)12-15-10-17(24)21(18(11-15)30-3)31-13-20(27)28/h5-8,10-12H,4,9,13H2,1-3H3,(H,27,28)/b19-12+,25-23?. The number of thioether (sulfide) groups is 1. The number of carbonyl (C=O) groups is 2. The molecule has 1 fully saturated rings. The Labute approximate surface area is 199 Å². The van der Waals surface area contributed by atoms with E-state index < -0.39 is 12.6 Å². The highest BCUT2D eigenvalue weighted by atomic mass is 79.9. The number of benzene rings is 2. The van der Waals surface area contributed by atoms with Crippen LogP contribution in [0.25, 0.3) is 6.08 Å². The minimum absolute atomic E-state index is 0.107. The first-order chi connectivity index (χ1) is 15.3. The Balaban J connectivity index is 1.93. The lowest BCUT2D eigenvalue weighted by Gasteiger charge is -2.14. The number of halogens is 1. The van der Waals surface area contributed by atoms with Crippen molar-refractivity contribution in [3.05, 3.63) is 56.9 Å². The Kier molecular flexibility index (Phi) is 7.98. The van der Waals surface area contributed by atoms with Crippen LogP contribution in [-0.4, -0.2) is 47.3 Å². The van der Waals surface area contributed by atoms with Gasteiger partial charge in [0.15, 0.2) is 23.3 Å². The van der Waals surface area contributed by atoms with E-state index in [9.17, 15) is 9.59 Å². The maximum Gasteiger partial charge on any atom is 0.341 e. The van der Waals surface area contributed by atoms with Gasteiger partial charge in [0, 0.05) is 6.54 Å². The van der Waals surface area contributed by atoms with E-state index in [1.54, 1.807) is 23.1 Å². The molecule has 32 heavy (non-hydrogen) atoms. The molecule has 0 radical (unpaired) electrons. The molecule has 0 atom stereocenters. The molecule has 1 N–H and O–H groups in total. The minimum atomic E-state index is -1.09. The number of aryl methyl sites for hydroxylation is 1. The number of ether oxygens (including phenoxy) is 2. The third-order valence-electron chi connectivity index (χ3n) is 4.48. The minimum Gasteiger partial charge on any atom is -0.493 e. The van der Waals surface area contributed by atoms with Crippen LogP contribution in [-0.2, 0) is 9.59 Å². The predicted octanol–water partition coefficient (Wildman–Crippen LogP) is 5.24. The maximum absolute atomic E-state index is 13.1. The molecule has 2 aromatic carbocycles. The first kappa shape index (κ1) is 23.9. The van der Waals surface area contributed by atoms with E-state index in [-0.39, 0.29) is 11.7 Å². The molecule has 0 unspecified atom stereocenters. The highest BCUT2D eigenvalue weighted by Crippen LogP contribution is 2.39. The zero-order valence-corrected chi connectivity index (χ0v) is 20.3. The van der Waals surface area contributed by atoms with Crippen LogP contribution < -0.4 is 9.47 Å². The first-order valence-corrected chi connectivity index (χ1v) is 11.5. The molecule has 1 amide bonds. The summed E-state index contributed by atoms with van der Waals surface area (Å²) < 4.78 is 11.2. The third-order valence-corrected chi connectivity index (χ3v) is 6.08. The van der Waals surface area contributed by atoms with Crippen molar-refractivity contribution in [1.82, 2.24) is 4.90 Å². The normalized spacial score (nSPS) is 16.1. The zero-order valence-electron chi connectivity index (χ0n) is 17.9. The Morgan fingerprint density at radius 3 is 2.62 bits per heavy atom. The van der Waals surface area contributed by atoms with Gasteiger partial charge in [-0.05, 0) is 76.9 Å². The van der Waals surface area contributed by atoms with Gasteiger partial charge in [-0.15, -0.1) is 0 Å². The third kappa shape index (κ3) is 5.72. The summed E-state index contributed by atoms with van der Waals surface area (Å²) in [5.74, 6) is -0.544. The van der Waals surface area contributed by atoms with Gasteiger partial charge in [-0.25, -0.2) is 9.79 Å². The fraction of sp³-hybridized carbons (Fsp3) is 0.261. The van der Waals surface area contributed by atoms with Crippen LogP contribution in [0.15, 0.2) is 50.8 Å². The molecule has 0 aromatic heterocycles. The number of aliphatic carboxylic acids is 1. The monoisotopic (exact) mass is 518 g/mol. The van der Waals surface area contributed by atoms with Crippen molar-refractivity contribution in [2.24, 2.45) is 4.99 Å². The summed E-state index contributed by atoms with van der Waals surface area (Å²) >= 11 is 4.72. The van der Waals surface area contributed by atoms with Crippen LogP contribution in [0, 0.1) is 6.92 Å². The summed E-state index contributed by atoms with van der Waals surface area (Å²) in [6, 6.07) is 11.3. The SMILES string of the molecule is CCCN1C(=O)/C(=C\c2cc(Br)c(OCC(=O)O)c(OC)c2)SC1=Nc1ccc(C)cc1. The molecule has 7 nitrogen and oxygen atoms in total. The van der Waals surface area contributed by atoms with E-state index in [4.69, 9.17) is 14.6 Å². The first-order valence-electron chi connectivity index (χ1n) is 9.91. The molecule has 0 bridgehead atoms. The summed E-state index contributed by atoms with van der Waals surface area (Å²) in [6.45, 7) is 4.11. The van der Waals surface area contributed by atoms with Crippen LogP contribution in [0.4, 0.5) is 5.69 Å². The number of methoxy groups -OCH3 is 1. The molecule has 3 rings (SSSR count). The van der Waals surface area contributed by atoms with Gasteiger partial charge in [0.25, 0.3) is 5.91 Å². The molecule has 0 spiro atoms. The topological polar surface area (TPSA) is 88.4 Å². The molecule has 2 aromatic rings. The summed E-state index contributed by atoms with van der Waals surface area (Å²) in [5.41, 5.74) is 2.64. The number of rotatable bonds is 8. The average molecular weight is 519 g/mol. The second kappa shape index (κ2) is 10.7. The molecule has 1 aliphatic heterocycles. The van der Waals surface area contributed by atoms with Gasteiger partial charge in [-0.2, -0.15) is 0 Å². The van der Waals surface area contributed by atoms with Gasteiger partial charge in [0.05, 0.1) is 22.2 Å². The van der Waals surface area contributed by atoms with Crippen LogP contribution in [0.2, 0.25) is 0 Å². The van der Waals surface area contributed by atoms with Crippen molar-refractivity contribution in [2.45, 2.75) is 20.3 Å². The summed E-state index contributed by atoms with van der Waals surface area (Å²) in [4.78, 5) is 30.8. The van der Waals surface area contributed by atoms with E-state index in [2.05, 4.69) is 20.9 Å². The van der Waals surface area contributed by atoms with E-state index in [1.165, 1.54) is 18.9 Å². The molecular weight excluding hydrogens is 496 g/mol. The van der Waals surface area contributed by atoms with Crippen LogP contribution in [0.1, 0.15) is 24.5 Å². The summed E-state index contributed by atoms with van der Waals surface area (Å²) in [6.07, 6.45) is 2.57. The quantitative estimate of drug-likeness (QED) is 0.480. The average Bonchev–Trinajstić information content (AvgIpc) is 3.03. The molecular formula is C23H23BrN2O5S. The van der Waals surface area contributed by atoms with Crippen LogP contribution in [0.3, 0.4) is 0 Å². The number of amides is 1. The summed E-state index contributed by atoms with van der Waals surface area (Å²) in [5, 5.41) is 9.51. The highest BCUT2D eigenvalue weighted by Gasteiger charge is 2.33. The molecule has 168 valence electrons. The molecule has 0 saturated carbocycles. The van der Waals surface area contributed by atoms with Gasteiger partial charge in [-0.3, -0.25) is 9.69 Å². The van der Waals surface area contributed by atoms with Crippen molar-refractivity contribution in [3.63, 3.8) is 0 Å². The van der Waals surface area contributed by atoms with Gasteiger partial charge in [0.2, 0.25) is 0 Å². The number of amidine groups is 1. The summed E-state index contributed by atoms with van der Waals surface area (Å²) in [7, 11) is 1.47.